The Kier molecular flexibility index (Phi) is 8.12. The van der Waals surface area contributed by atoms with E-state index < -0.39 is 5.97 Å². The number of rotatable bonds is 10. The molecule has 0 saturated heterocycles. The summed E-state index contributed by atoms with van der Waals surface area (Å²) in [6, 6.07) is 15.7. The van der Waals surface area contributed by atoms with Crippen LogP contribution in [0.2, 0.25) is 5.02 Å². The van der Waals surface area contributed by atoms with E-state index in [0.717, 1.165) is 34.9 Å². The molecule has 0 aliphatic carbocycles. The Bertz CT molecular complexity index is 696. The molecule has 25 heavy (non-hydrogen) atoms. The summed E-state index contributed by atoms with van der Waals surface area (Å²) in [5, 5.41) is 9.44. The average Bonchev–Trinajstić information content (AvgIpc) is 2.55. The first-order valence-electron chi connectivity index (χ1n) is 8.10. The van der Waals surface area contributed by atoms with Crippen LogP contribution >= 0.6 is 23.4 Å². The highest BCUT2D eigenvalue weighted by atomic mass is 35.5. The molecule has 0 unspecified atom stereocenters. The number of carboxylic acids is 1. The molecule has 0 spiro atoms. The summed E-state index contributed by atoms with van der Waals surface area (Å²) in [5.74, 6) is 0.0529. The van der Waals surface area contributed by atoms with Crippen molar-refractivity contribution in [2.75, 3.05) is 26.7 Å². The number of benzene rings is 2. The van der Waals surface area contributed by atoms with Crippen LogP contribution in [-0.2, 0) is 4.79 Å². The van der Waals surface area contributed by atoms with E-state index in [4.69, 9.17) is 21.4 Å². The average molecular weight is 380 g/mol. The lowest BCUT2D eigenvalue weighted by Gasteiger charge is -2.14. The van der Waals surface area contributed by atoms with E-state index in [1.165, 1.54) is 0 Å². The molecule has 6 heteroatoms. The third kappa shape index (κ3) is 7.38. The van der Waals surface area contributed by atoms with E-state index in [1.54, 1.807) is 16.7 Å². The minimum atomic E-state index is -0.800. The van der Waals surface area contributed by atoms with Crippen LogP contribution in [0.1, 0.15) is 12.8 Å². The Balaban J connectivity index is 1.81. The zero-order valence-corrected chi connectivity index (χ0v) is 15.7. The number of hydrogen-bond donors (Lipinski definition) is 1. The van der Waals surface area contributed by atoms with Crippen molar-refractivity contribution in [3.05, 3.63) is 53.6 Å². The fourth-order valence-corrected chi connectivity index (χ4v) is 3.50. The molecule has 0 atom stereocenters. The second kappa shape index (κ2) is 10.3. The molecule has 2 aromatic carbocycles. The molecule has 0 amide bonds. The first-order valence-corrected chi connectivity index (χ1v) is 9.29. The summed E-state index contributed by atoms with van der Waals surface area (Å²) in [4.78, 5) is 14.5. The SMILES string of the molecule is CN(CCCCOc1ccccc1Sc1cccc(Cl)c1)CC(=O)O. The number of aliphatic carboxylic acids is 1. The first kappa shape index (κ1) is 19.6. The minimum Gasteiger partial charge on any atom is -0.492 e. The molecule has 134 valence electrons. The Morgan fingerprint density at radius 1 is 1.20 bits per heavy atom. The van der Waals surface area contributed by atoms with Crippen molar-refractivity contribution in [2.45, 2.75) is 22.6 Å². The summed E-state index contributed by atoms with van der Waals surface area (Å²) in [5.41, 5.74) is 0. The van der Waals surface area contributed by atoms with Gasteiger partial charge in [-0.1, -0.05) is 41.6 Å². The Labute approximate surface area is 157 Å². The molecule has 0 bridgehead atoms. The molecule has 0 aliphatic heterocycles. The third-order valence-electron chi connectivity index (χ3n) is 3.47. The van der Waals surface area contributed by atoms with Crippen molar-refractivity contribution in [2.24, 2.45) is 0 Å². The van der Waals surface area contributed by atoms with Crippen LogP contribution in [0.25, 0.3) is 0 Å². The molecule has 1 N–H and O–H groups in total. The molecule has 0 aromatic heterocycles. The van der Waals surface area contributed by atoms with Gasteiger partial charge in [0.05, 0.1) is 18.0 Å². The number of para-hydroxylation sites is 1. The van der Waals surface area contributed by atoms with E-state index in [1.807, 2.05) is 55.6 Å². The third-order valence-corrected chi connectivity index (χ3v) is 4.75. The quantitative estimate of drug-likeness (QED) is 0.608. The van der Waals surface area contributed by atoms with E-state index in [-0.39, 0.29) is 6.54 Å². The smallest absolute Gasteiger partial charge is 0.317 e. The molecule has 0 heterocycles. The van der Waals surface area contributed by atoms with Crippen LogP contribution in [-0.4, -0.2) is 42.7 Å². The van der Waals surface area contributed by atoms with Crippen LogP contribution in [0.5, 0.6) is 5.75 Å². The largest absolute Gasteiger partial charge is 0.492 e. The summed E-state index contributed by atoms with van der Waals surface area (Å²) < 4.78 is 5.91. The number of unbranched alkanes of at least 4 members (excludes halogenated alkanes) is 1. The van der Waals surface area contributed by atoms with E-state index in [0.29, 0.717) is 11.6 Å². The van der Waals surface area contributed by atoms with E-state index in [2.05, 4.69) is 0 Å². The zero-order valence-electron chi connectivity index (χ0n) is 14.2. The van der Waals surface area contributed by atoms with Crippen LogP contribution in [0, 0.1) is 0 Å². The number of halogens is 1. The Morgan fingerprint density at radius 3 is 2.76 bits per heavy atom. The number of hydrogen-bond acceptors (Lipinski definition) is 4. The zero-order chi connectivity index (χ0) is 18.1. The van der Waals surface area contributed by atoms with Crippen LogP contribution < -0.4 is 4.74 Å². The van der Waals surface area contributed by atoms with Crippen molar-refractivity contribution in [3.63, 3.8) is 0 Å². The fourth-order valence-electron chi connectivity index (χ4n) is 2.29. The van der Waals surface area contributed by atoms with Crippen molar-refractivity contribution in [1.29, 1.82) is 0 Å². The molecule has 0 aliphatic rings. The molecule has 0 fully saturated rings. The van der Waals surface area contributed by atoms with Crippen LogP contribution in [0.15, 0.2) is 58.3 Å². The van der Waals surface area contributed by atoms with Gasteiger partial charge < -0.3 is 9.84 Å². The highest BCUT2D eigenvalue weighted by Crippen LogP contribution is 2.35. The van der Waals surface area contributed by atoms with Gasteiger partial charge in [-0.25, -0.2) is 0 Å². The minimum absolute atomic E-state index is 0.0694. The number of carbonyl (C=O) groups is 1. The monoisotopic (exact) mass is 379 g/mol. The molecule has 0 saturated carbocycles. The predicted octanol–water partition coefficient (Wildman–Crippen LogP) is 4.67. The first-order chi connectivity index (χ1) is 12.0. The van der Waals surface area contributed by atoms with Gasteiger partial charge in [-0.3, -0.25) is 9.69 Å². The van der Waals surface area contributed by atoms with Gasteiger partial charge in [-0.05, 0) is 56.8 Å². The highest BCUT2D eigenvalue weighted by Gasteiger charge is 2.07. The van der Waals surface area contributed by atoms with E-state index >= 15 is 0 Å². The van der Waals surface area contributed by atoms with Gasteiger partial charge in [0, 0.05) is 9.92 Å². The lowest BCUT2D eigenvalue weighted by atomic mass is 10.3. The lowest BCUT2D eigenvalue weighted by Crippen LogP contribution is -2.26. The van der Waals surface area contributed by atoms with Gasteiger partial charge in [0.15, 0.2) is 0 Å². The lowest BCUT2D eigenvalue weighted by molar-refractivity contribution is -0.137. The molecule has 2 aromatic rings. The fraction of sp³-hybridized carbons (Fsp3) is 0.316. The Hall–Kier alpha value is -1.69. The van der Waals surface area contributed by atoms with Crippen molar-refractivity contribution >= 4 is 29.3 Å². The number of likely N-dealkylation sites (N-methyl/N-ethyl adjacent to an activating group) is 1. The van der Waals surface area contributed by atoms with Crippen LogP contribution in [0.4, 0.5) is 0 Å². The number of ether oxygens (including phenoxy) is 1. The van der Waals surface area contributed by atoms with Gasteiger partial charge >= 0.3 is 5.97 Å². The van der Waals surface area contributed by atoms with Gasteiger partial charge in [0.2, 0.25) is 0 Å². The maximum atomic E-state index is 10.6. The molecule has 2 rings (SSSR count). The normalized spacial score (nSPS) is 10.8. The standard InChI is InChI=1S/C19H22ClNO3S/c1-21(14-19(22)23)11-4-5-12-24-17-9-2-3-10-18(17)25-16-8-6-7-15(20)13-16/h2-3,6-10,13H,4-5,11-12,14H2,1H3,(H,22,23). The second-order valence-electron chi connectivity index (χ2n) is 5.69. The number of nitrogens with zero attached hydrogens (tertiary/aromatic N) is 1. The molecule has 4 nitrogen and oxygen atoms in total. The summed E-state index contributed by atoms with van der Waals surface area (Å²) in [6.45, 7) is 1.42. The second-order valence-corrected chi connectivity index (χ2v) is 7.25. The topological polar surface area (TPSA) is 49.8 Å². The van der Waals surface area contributed by atoms with Crippen LogP contribution in [0.3, 0.4) is 0 Å². The summed E-state index contributed by atoms with van der Waals surface area (Å²) >= 11 is 7.66. The van der Waals surface area contributed by atoms with Crippen molar-refractivity contribution in [1.82, 2.24) is 4.90 Å². The van der Waals surface area contributed by atoms with E-state index in [9.17, 15) is 4.79 Å². The van der Waals surface area contributed by atoms with Gasteiger partial charge in [0.1, 0.15) is 5.75 Å². The molecular formula is C19H22ClNO3S. The molecule has 0 radical (unpaired) electrons. The maximum absolute atomic E-state index is 10.6. The number of carboxylic acid groups (broad SMARTS) is 1. The van der Waals surface area contributed by atoms with Crippen molar-refractivity contribution in [3.8, 4) is 5.75 Å². The highest BCUT2D eigenvalue weighted by molar-refractivity contribution is 7.99. The van der Waals surface area contributed by atoms with Gasteiger partial charge in [-0.15, -0.1) is 0 Å². The Morgan fingerprint density at radius 2 is 2.00 bits per heavy atom. The van der Waals surface area contributed by atoms with Gasteiger partial charge in [-0.2, -0.15) is 0 Å². The maximum Gasteiger partial charge on any atom is 0.317 e. The van der Waals surface area contributed by atoms with Crippen molar-refractivity contribution < 1.29 is 14.6 Å². The predicted molar refractivity (Wildman–Crippen MR) is 102 cm³/mol. The summed E-state index contributed by atoms with van der Waals surface area (Å²) in [6.07, 6.45) is 1.77. The van der Waals surface area contributed by atoms with Gasteiger partial charge in [0.25, 0.3) is 0 Å². The molecular weight excluding hydrogens is 358 g/mol. The summed E-state index contributed by atoms with van der Waals surface area (Å²) in [7, 11) is 1.81.